The summed E-state index contributed by atoms with van der Waals surface area (Å²) in [6, 6.07) is 2.01. The molecular weight excluding hydrogens is 276 g/mol. The molecule has 104 valence electrons. The molecule has 1 aromatic heterocycles. The summed E-state index contributed by atoms with van der Waals surface area (Å²) in [5.41, 5.74) is 0.295. The first-order chi connectivity index (χ1) is 9.51. The summed E-state index contributed by atoms with van der Waals surface area (Å²) in [7, 11) is 0. The molecule has 0 bridgehead atoms. The molecule has 0 N–H and O–H groups in total. The molecule has 0 aliphatic carbocycles. The number of amides is 1. The second-order valence-corrected chi connectivity index (χ2v) is 5.84. The van der Waals surface area contributed by atoms with Gasteiger partial charge in [-0.1, -0.05) is 11.8 Å². The largest absolute Gasteiger partial charge is 0.295 e. The first kappa shape index (κ1) is 14.5. The Morgan fingerprint density at radius 3 is 3.05 bits per heavy atom. The van der Waals surface area contributed by atoms with Crippen LogP contribution in [0.25, 0.3) is 0 Å². The Hall–Kier alpha value is -1.94. The third kappa shape index (κ3) is 3.14. The van der Waals surface area contributed by atoms with Gasteiger partial charge >= 0.3 is 0 Å². The summed E-state index contributed by atoms with van der Waals surface area (Å²) in [5.74, 6) is 1.56. The van der Waals surface area contributed by atoms with Crippen LogP contribution in [0.4, 0.5) is 5.82 Å². The summed E-state index contributed by atoms with van der Waals surface area (Å²) in [5, 5.41) is 9.13. The Bertz CT molecular complexity index is 597. The lowest BCUT2D eigenvalue weighted by molar-refractivity contribution is -0.117. The van der Waals surface area contributed by atoms with E-state index in [1.807, 2.05) is 6.07 Å². The van der Waals surface area contributed by atoms with Gasteiger partial charge in [0.05, 0.1) is 6.20 Å². The Morgan fingerprint density at radius 1 is 1.65 bits per heavy atom. The van der Waals surface area contributed by atoms with Gasteiger partial charge in [0.1, 0.15) is 17.5 Å². The van der Waals surface area contributed by atoms with E-state index in [0.29, 0.717) is 35.9 Å². The fraction of sp³-hybridized carbons (Fsp3) is 0.462. The highest BCUT2D eigenvalue weighted by Crippen LogP contribution is 2.28. The molecule has 7 heteroatoms. The van der Waals surface area contributed by atoms with Gasteiger partial charge in [-0.25, -0.2) is 9.97 Å². The number of hydrogen-bond donors (Lipinski definition) is 0. The van der Waals surface area contributed by atoms with Crippen molar-refractivity contribution < 1.29 is 9.59 Å². The van der Waals surface area contributed by atoms with Crippen molar-refractivity contribution in [2.75, 3.05) is 17.2 Å². The molecule has 20 heavy (non-hydrogen) atoms. The van der Waals surface area contributed by atoms with E-state index in [1.165, 1.54) is 29.8 Å². The highest BCUT2D eigenvalue weighted by molar-refractivity contribution is 8.13. The predicted molar refractivity (Wildman–Crippen MR) is 75.1 cm³/mol. The molecule has 1 aliphatic heterocycles. The minimum Gasteiger partial charge on any atom is -0.295 e. The SMILES string of the molecule is CC(=O)SCC1CC(=O)N(c2nc(C)ncc2C#N)C1. The Kier molecular flexibility index (Phi) is 4.35. The van der Waals surface area contributed by atoms with Crippen molar-refractivity contribution in [2.45, 2.75) is 20.3 Å². The minimum absolute atomic E-state index is 0.0477. The number of carbonyl (C=O) groups is 2. The maximum atomic E-state index is 12.1. The van der Waals surface area contributed by atoms with Gasteiger partial charge in [0.15, 0.2) is 10.9 Å². The molecule has 0 aromatic carbocycles. The van der Waals surface area contributed by atoms with Gasteiger partial charge in [-0.2, -0.15) is 5.26 Å². The predicted octanol–water partition coefficient (Wildman–Crippen LogP) is 1.29. The molecule has 1 aliphatic rings. The van der Waals surface area contributed by atoms with E-state index in [-0.39, 0.29) is 16.9 Å². The molecule has 1 unspecified atom stereocenters. The monoisotopic (exact) mass is 290 g/mol. The molecule has 1 saturated heterocycles. The van der Waals surface area contributed by atoms with Crippen molar-refractivity contribution in [1.29, 1.82) is 5.26 Å². The third-order valence-corrected chi connectivity index (χ3v) is 4.04. The topological polar surface area (TPSA) is 87.0 Å². The number of aromatic nitrogens is 2. The van der Waals surface area contributed by atoms with Gasteiger partial charge < -0.3 is 0 Å². The summed E-state index contributed by atoms with van der Waals surface area (Å²) >= 11 is 1.23. The maximum absolute atomic E-state index is 12.1. The molecule has 2 heterocycles. The molecule has 0 saturated carbocycles. The van der Waals surface area contributed by atoms with E-state index in [9.17, 15) is 9.59 Å². The molecule has 1 fully saturated rings. The Balaban J connectivity index is 2.18. The second-order valence-electron chi connectivity index (χ2n) is 4.64. The van der Waals surface area contributed by atoms with Crippen molar-refractivity contribution in [2.24, 2.45) is 5.92 Å². The Labute approximate surface area is 121 Å². The van der Waals surface area contributed by atoms with Gasteiger partial charge in [0, 0.05) is 25.6 Å². The highest BCUT2D eigenvalue weighted by atomic mass is 32.2. The van der Waals surface area contributed by atoms with E-state index in [4.69, 9.17) is 5.26 Å². The minimum atomic E-state index is -0.0613. The van der Waals surface area contributed by atoms with E-state index < -0.39 is 0 Å². The van der Waals surface area contributed by atoms with Crippen molar-refractivity contribution >= 4 is 28.6 Å². The van der Waals surface area contributed by atoms with Crippen LogP contribution in [0.1, 0.15) is 24.7 Å². The number of nitrogens with zero attached hydrogens (tertiary/aromatic N) is 4. The summed E-state index contributed by atoms with van der Waals surface area (Å²) in [6.45, 7) is 3.72. The molecular formula is C13H14N4O2S. The van der Waals surface area contributed by atoms with Crippen LogP contribution in [0.15, 0.2) is 6.20 Å². The van der Waals surface area contributed by atoms with Gasteiger partial charge in [0.2, 0.25) is 5.91 Å². The van der Waals surface area contributed by atoms with Crippen molar-refractivity contribution in [3.8, 4) is 6.07 Å². The number of thioether (sulfide) groups is 1. The zero-order valence-corrected chi connectivity index (χ0v) is 12.1. The number of anilines is 1. The number of aryl methyl sites for hydroxylation is 1. The number of nitriles is 1. The van der Waals surface area contributed by atoms with Crippen LogP contribution < -0.4 is 4.90 Å². The lowest BCUT2D eigenvalue weighted by atomic mass is 10.1. The number of rotatable bonds is 3. The van der Waals surface area contributed by atoms with Crippen molar-refractivity contribution in [1.82, 2.24) is 9.97 Å². The first-order valence-electron chi connectivity index (χ1n) is 6.18. The van der Waals surface area contributed by atoms with E-state index >= 15 is 0 Å². The fourth-order valence-electron chi connectivity index (χ4n) is 2.08. The zero-order chi connectivity index (χ0) is 14.7. The van der Waals surface area contributed by atoms with Crippen LogP contribution in [-0.4, -0.2) is 33.3 Å². The van der Waals surface area contributed by atoms with Crippen LogP contribution in [0.2, 0.25) is 0 Å². The first-order valence-corrected chi connectivity index (χ1v) is 7.17. The maximum Gasteiger partial charge on any atom is 0.228 e. The number of hydrogen-bond acceptors (Lipinski definition) is 6. The van der Waals surface area contributed by atoms with E-state index in [0.717, 1.165) is 0 Å². The van der Waals surface area contributed by atoms with Crippen molar-refractivity contribution in [3.63, 3.8) is 0 Å². The lowest BCUT2D eigenvalue weighted by Crippen LogP contribution is -2.27. The van der Waals surface area contributed by atoms with Crippen LogP contribution in [0, 0.1) is 24.2 Å². The highest BCUT2D eigenvalue weighted by Gasteiger charge is 2.33. The zero-order valence-electron chi connectivity index (χ0n) is 11.3. The lowest BCUT2D eigenvalue weighted by Gasteiger charge is -2.16. The molecule has 6 nitrogen and oxygen atoms in total. The van der Waals surface area contributed by atoms with Crippen LogP contribution >= 0.6 is 11.8 Å². The average Bonchev–Trinajstić information content (AvgIpc) is 2.77. The summed E-state index contributed by atoms with van der Waals surface area (Å²) in [6.07, 6.45) is 1.82. The third-order valence-electron chi connectivity index (χ3n) is 2.99. The molecule has 0 radical (unpaired) electrons. The fourth-order valence-corrected chi connectivity index (χ4v) is 2.77. The smallest absolute Gasteiger partial charge is 0.228 e. The molecule has 2 rings (SSSR count). The molecule has 1 amide bonds. The quantitative estimate of drug-likeness (QED) is 0.833. The van der Waals surface area contributed by atoms with Gasteiger partial charge in [-0.3, -0.25) is 14.5 Å². The second kappa shape index (κ2) is 6.01. The molecule has 1 aromatic rings. The molecule has 1 atom stereocenters. The molecule has 0 spiro atoms. The van der Waals surface area contributed by atoms with Gasteiger partial charge in [-0.15, -0.1) is 0 Å². The normalized spacial score (nSPS) is 18.1. The van der Waals surface area contributed by atoms with E-state index in [1.54, 1.807) is 6.92 Å². The number of carbonyl (C=O) groups excluding carboxylic acids is 2. The van der Waals surface area contributed by atoms with Gasteiger partial charge in [0.25, 0.3) is 0 Å². The van der Waals surface area contributed by atoms with Crippen LogP contribution in [0.5, 0.6) is 0 Å². The standard InChI is InChI=1S/C13H14N4O2S/c1-8-15-5-11(4-14)13(16-8)17-6-10(3-12(17)19)7-20-9(2)18/h5,10H,3,6-7H2,1-2H3. The van der Waals surface area contributed by atoms with Crippen LogP contribution in [-0.2, 0) is 9.59 Å². The van der Waals surface area contributed by atoms with Crippen LogP contribution in [0.3, 0.4) is 0 Å². The Morgan fingerprint density at radius 2 is 2.40 bits per heavy atom. The van der Waals surface area contributed by atoms with Crippen molar-refractivity contribution in [3.05, 3.63) is 17.6 Å². The summed E-state index contributed by atoms with van der Waals surface area (Å²) < 4.78 is 0. The van der Waals surface area contributed by atoms with E-state index in [2.05, 4.69) is 9.97 Å². The summed E-state index contributed by atoms with van der Waals surface area (Å²) in [4.78, 5) is 32.7. The van der Waals surface area contributed by atoms with Gasteiger partial charge in [-0.05, 0) is 12.8 Å². The average molecular weight is 290 g/mol.